The Morgan fingerprint density at radius 1 is 1.06 bits per heavy atom. The number of hydrogen-bond donors (Lipinski definition) is 1. The highest BCUT2D eigenvalue weighted by molar-refractivity contribution is 5.89. The molecule has 2 heterocycles. The summed E-state index contributed by atoms with van der Waals surface area (Å²) in [6.45, 7) is 4.20. The highest BCUT2D eigenvalue weighted by Crippen LogP contribution is 2.27. The third-order valence-corrected chi connectivity index (χ3v) is 6.34. The van der Waals surface area contributed by atoms with Crippen molar-refractivity contribution in [2.45, 2.75) is 50.9 Å². The van der Waals surface area contributed by atoms with E-state index >= 15 is 0 Å². The van der Waals surface area contributed by atoms with Crippen LogP contribution in [0.5, 0.6) is 0 Å². The van der Waals surface area contributed by atoms with Crippen molar-refractivity contribution in [3.8, 4) is 0 Å². The summed E-state index contributed by atoms with van der Waals surface area (Å²) in [6.07, 6.45) is 2.22. The number of rotatable bonds is 7. The largest absolute Gasteiger partial charge is 0.343 e. The molecule has 1 aromatic heterocycles. The van der Waals surface area contributed by atoms with E-state index in [2.05, 4.69) is 36.4 Å². The number of halogens is 1. The number of aromatic nitrogens is 2. The van der Waals surface area contributed by atoms with Gasteiger partial charge in [0.1, 0.15) is 12.2 Å². The summed E-state index contributed by atoms with van der Waals surface area (Å²) in [6, 6.07) is 16.6. The molecule has 34 heavy (non-hydrogen) atoms. The average molecular weight is 463 g/mol. The molecule has 4 rings (SSSR count). The first-order valence-electron chi connectivity index (χ1n) is 11.7. The number of amides is 2. The summed E-state index contributed by atoms with van der Waals surface area (Å²) in [4.78, 5) is 27.7. The molecular formula is C27H31FN4O2. The molecule has 0 saturated carbocycles. The van der Waals surface area contributed by atoms with E-state index in [1.165, 1.54) is 10.5 Å². The molecule has 3 unspecified atom stereocenters. The summed E-state index contributed by atoms with van der Waals surface area (Å²) in [5.74, 6) is -0.217. The van der Waals surface area contributed by atoms with Gasteiger partial charge in [-0.2, -0.15) is 5.10 Å². The Morgan fingerprint density at radius 3 is 2.32 bits per heavy atom. The van der Waals surface area contributed by atoms with E-state index in [0.717, 1.165) is 16.7 Å². The van der Waals surface area contributed by atoms with E-state index < -0.39 is 18.3 Å². The normalized spacial score (nSPS) is 18.8. The first-order chi connectivity index (χ1) is 16.3. The van der Waals surface area contributed by atoms with Crippen molar-refractivity contribution < 1.29 is 14.0 Å². The van der Waals surface area contributed by atoms with Gasteiger partial charge in [0.15, 0.2) is 0 Å². The summed E-state index contributed by atoms with van der Waals surface area (Å²) in [5, 5.41) is 7.18. The minimum absolute atomic E-state index is 0.00158. The molecule has 1 N–H and O–H groups in total. The number of likely N-dealkylation sites (tertiary alicyclic amines) is 1. The zero-order valence-corrected chi connectivity index (χ0v) is 19.8. The van der Waals surface area contributed by atoms with E-state index in [0.29, 0.717) is 5.92 Å². The second-order valence-electron chi connectivity index (χ2n) is 9.27. The molecule has 1 aliphatic heterocycles. The van der Waals surface area contributed by atoms with Gasteiger partial charge in [0.25, 0.3) is 0 Å². The van der Waals surface area contributed by atoms with Crippen molar-refractivity contribution in [3.05, 3.63) is 89.2 Å². The van der Waals surface area contributed by atoms with Crippen LogP contribution in [0.2, 0.25) is 0 Å². The molecule has 3 atom stereocenters. The molecule has 1 aliphatic rings. The van der Waals surface area contributed by atoms with Gasteiger partial charge in [-0.15, -0.1) is 0 Å². The lowest BCUT2D eigenvalue weighted by atomic mass is 9.95. The zero-order valence-electron chi connectivity index (χ0n) is 19.8. The molecule has 3 aromatic rings. The van der Waals surface area contributed by atoms with Crippen molar-refractivity contribution in [1.82, 2.24) is 20.0 Å². The third-order valence-electron chi connectivity index (χ3n) is 6.34. The topological polar surface area (TPSA) is 67.2 Å². The Morgan fingerprint density at radius 2 is 1.71 bits per heavy atom. The molecule has 2 aromatic carbocycles. The maximum atomic E-state index is 14.4. The van der Waals surface area contributed by atoms with Crippen LogP contribution in [0, 0.1) is 0 Å². The maximum absolute atomic E-state index is 14.4. The Hall–Kier alpha value is -3.48. The van der Waals surface area contributed by atoms with E-state index in [9.17, 15) is 14.0 Å². The molecule has 1 saturated heterocycles. The van der Waals surface area contributed by atoms with Crippen molar-refractivity contribution in [3.63, 3.8) is 0 Å². The zero-order chi connectivity index (χ0) is 24.2. The van der Waals surface area contributed by atoms with Gasteiger partial charge in [0.2, 0.25) is 11.8 Å². The van der Waals surface area contributed by atoms with Crippen molar-refractivity contribution in [2.24, 2.45) is 7.05 Å². The fourth-order valence-corrected chi connectivity index (χ4v) is 4.46. The van der Waals surface area contributed by atoms with E-state index in [1.807, 2.05) is 42.5 Å². The van der Waals surface area contributed by atoms with Gasteiger partial charge >= 0.3 is 0 Å². The fraction of sp³-hybridized carbons (Fsp3) is 0.370. The number of benzene rings is 2. The highest BCUT2D eigenvalue weighted by Gasteiger charge is 2.40. The van der Waals surface area contributed by atoms with E-state index in [1.54, 1.807) is 24.1 Å². The standard InChI is InChI=1S/C27H31FN4O2/c1-18(2)20-9-11-22(12-10-20)26(21-7-5-4-6-8-21)30-27(34)24-14-23(28)17-32(24)25(33)13-19-15-29-31(3)16-19/h4-12,15-16,18,23-24,26H,13-14,17H2,1-3H3,(H,30,34). The highest BCUT2D eigenvalue weighted by atomic mass is 19.1. The first kappa shape index (κ1) is 23.7. The molecule has 0 bridgehead atoms. The summed E-state index contributed by atoms with van der Waals surface area (Å²) < 4.78 is 16.0. The number of alkyl halides is 1. The summed E-state index contributed by atoms with van der Waals surface area (Å²) >= 11 is 0. The smallest absolute Gasteiger partial charge is 0.243 e. The van der Waals surface area contributed by atoms with Gasteiger partial charge in [-0.05, 0) is 28.2 Å². The van der Waals surface area contributed by atoms with Crippen LogP contribution >= 0.6 is 0 Å². The lowest BCUT2D eigenvalue weighted by Crippen LogP contribution is -2.47. The summed E-state index contributed by atoms with van der Waals surface area (Å²) in [7, 11) is 1.77. The fourth-order valence-electron chi connectivity index (χ4n) is 4.46. The quantitative estimate of drug-likeness (QED) is 0.579. The molecule has 178 valence electrons. The van der Waals surface area contributed by atoms with Gasteiger partial charge in [0, 0.05) is 19.7 Å². The Kier molecular flexibility index (Phi) is 7.10. The van der Waals surface area contributed by atoms with Gasteiger partial charge < -0.3 is 10.2 Å². The second kappa shape index (κ2) is 10.2. The molecular weight excluding hydrogens is 431 g/mol. The number of nitrogens with zero attached hydrogens (tertiary/aromatic N) is 3. The molecule has 2 amide bonds. The maximum Gasteiger partial charge on any atom is 0.243 e. The van der Waals surface area contributed by atoms with Gasteiger partial charge in [-0.1, -0.05) is 68.4 Å². The number of carbonyl (C=O) groups excluding carboxylic acids is 2. The molecule has 0 spiro atoms. The van der Waals surface area contributed by atoms with Crippen LogP contribution in [0.4, 0.5) is 4.39 Å². The minimum atomic E-state index is -1.23. The van der Waals surface area contributed by atoms with Crippen LogP contribution in [0.3, 0.4) is 0 Å². The first-order valence-corrected chi connectivity index (χ1v) is 11.7. The van der Waals surface area contributed by atoms with Crippen molar-refractivity contribution >= 4 is 11.8 Å². The number of carbonyl (C=O) groups is 2. The lowest BCUT2D eigenvalue weighted by molar-refractivity contribution is -0.138. The molecule has 0 radical (unpaired) electrons. The van der Waals surface area contributed by atoms with Crippen molar-refractivity contribution in [2.75, 3.05) is 6.54 Å². The van der Waals surface area contributed by atoms with Gasteiger partial charge in [-0.3, -0.25) is 14.3 Å². The predicted octanol–water partition coefficient (Wildman–Crippen LogP) is 3.93. The van der Waals surface area contributed by atoms with Crippen LogP contribution in [0.1, 0.15) is 54.5 Å². The van der Waals surface area contributed by atoms with Gasteiger partial charge in [0.05, 0.1) is 25.2 Å². The lowest BCUT2D eigenvalue weighted by Gasteiger charge is -2.27. The number of hydrogen-bond acceptors (Lipinski definition) is 3. The van der Waals surface area contributed by atoms with E-state index in [4.69, 9.17) is 0 Å². The minimum Gasteiger partial charge on any atom is -0.343 e. The van der Waals surface area contributed by atoms with Crippen LogP contribution in [-0.2, 0) is 23.1 Å². The van der Waals surface area contributed by atoms with Crippen molar-refractivity contribution in [1.29, 1.82) is 0 Å². The van der Waals surface area contributed by atoms with Crippen LogP contribution in [-0.4, -0.2) is 45.3 Å². The third kappa shape index (κ3) is 5.35. The number of nitrogens with one attached hydrogen (secondary N) is 1. The Labute approximate surface area is 199 Å². The summed E-state index contributed by atoms with van der Waals surface area (Å²) in [5.41, 5.74) is 3.81. The van der Waals surface area contributed by atoms with E-state index in [-0.39, 0.29) is 31.2 Å². The molecule has 7 heteroatoms. The average Bonchev–Trinajstić information content (AvgIpc) is 3.43. The van der Waals surface area contributed by atoms with Crippen LogP contribution in [0.25, 0.3) is 0 Å². The molecule has 6 nitrogen and oxygen atoms in total. The SMILES string of the molecule is CC(C)c1ccc(C(NC(=O)C2CC(F)CN2C(=O)Cc2cnn(C)c2)c2ccccc2)cc1. The van der Waals surface area contributed by atoms with Gasteiger partial charge in [-0.25, -0.2) is 4.39 Å². The van der Waals surface area contributed by atoms with Crippen LogP contribution in [0.15, 0.2) is 67.0 Å². The molecule has 1 fully saturated rings. The number of aryl methyl sites for hydroxylation is 1. The Balaban J connectivity index is 1.55. The predicted molar refractivity (Wildman–Crippen MR) is 129 cm³/mol. The van der Waals surface area contributed by atoms with Crippen LogP contribution < -0.4 is 5.32 Å². The molecule has 0 aliphatic carbocycles. The monoisotopic (exact) mass is 462 g/mol. The Bertz CT molecular complexity index is 1130. The second-order valence-corrected chi connectivity index (χ2v) is 9.27.